The van der Waals surface area contributed by atoms with Crippen LogP contribution in [0.5, 0.6) is 0 Å². The minimum atomic E-state index is -0.325. The molecule has 2 heterocycles. The summed E-state index contributed by atoms with van der Waals surface area (Å²) < 4.78 is 0.945. The van der Waals surface area contributed by atoms with Gasteiger partial charge in [0, 0.05) is 42.1 Å². The van der Waals surface area contributed by atoms with Crippen LogP contribution in [0.2, 0.25) is 0 Å². The number of rotatable bonds is 4. The molecule has 0 spiro atoms. The lowest BCUT2D eigenvalue weighted by molar-refractivity contribution is -0.128. The van der Waals surface area contributed by atoms with E-state index in [4.69, 9.17) is 0 Å². The second-order valence-corrected chi connectivity index (χ2v) is 6.84. The SMILES string of the molecule is Cc1ccc(NC(=O)C2CC(=O)N(Cc3cccnc3)C2)cc1Br. The average Bonchev–Trinajstić information content (AvgIpc) is 2.93. The molecule has 1 fully saturated rings. The number of pyridine rings is 1. The van der Waals surface area contributed by atoms with Gasteiger partial charge in [-0.1, -0.05) is 28.1 Å². The summed E-state index contributed by atoms with van der Waals surface area (Å²) in [5.41, 5.74) is 2.80. The van der Waals surface area contributed by atoms with Gasteiger partial charge in [0.05, 0.1) is 5.92 Å². The third-order valence-electron chi connectivity index (χ3n) is 4.12. The number of benzene rings is 1. The number of likely N-dealkylation sites (tertiary alicyclic amines) is 1. The quantitative estimate of drug-likeness (QED) is 0.876. The zero-order valence-electron chi connectivity index (χ0n) is 13.3. The lowest BCUT2D eigenvalue weighted by atomic mass is 10.1. The molecule has 0 aliphatic carbocycles. The van der Waals surface area contributed by atoms with E-state index in [2.05, 4.69) is 26.2 Å². The van der Waals surface area contributed by atoms with Crippen LogP contribution >= 0.6 is 15.9 Å². The third kappa shape index (κ3) is 3.82. The summed E-state index contributed by atoms with van der Waals surface area (Å²) in [4.78, 5) is 30.4. The van der Waals surface area contributed by atoms with E-state index in [-0.39, 0.29) is 24.2 Å². The topological polar surface area (TPSA) is 62.3 Å². The second kappa shape index (κ2) is 7.13. The lowest BCUT2D eigenvalue weighted by Gasteiger charge is -2.16. The molecule has 5 nitrogen and oxygen atoms in total. The molecule has 1 aromatic carbocycles. The smallest absolute Gasteiger partial charge is 0.229 e. The zero-order valence-corrected chi connectivity index (χ0v) is 14.9. The summed E-state index contributed by atoms with van der Waals surface area (Å²) in [6, 6.07) is 9.45. The first-order chi connectivity index (χ1) is 11.5. The normalized spacial score (nSPS) is 17.2. The van der Waals surface area contributed by atoms with Gasteiger partial charge in [0.15, 0.2) is 0 Å². The molecule has 0 radical (unpaired) electrons. The molecule has 2 amide bonds. The second-order valence-electron chi connectivity index (χ2n) is 5.99. The number of anilines is 1. The van der Waals surface area contributed by atoms with E-state index in [0.717, 1.165) is 21.3 Å². The first-order valence-corrected chi connectivity index (χ1v) is 8.56. The highest BCUT2D eigenvalue weighted by Gasteiger charge is 2.34. The maximum Gasteiger partial charge on any atom is 0.229 e. The number of carbonyl (C=O) groups is 2. The fourth-order valence-corrected chi connectivity index (χ4v) is 3.11. The zero-order chi connectivity index (χ0) is 17.1. The van der Waals surface area contributed by atoms with Gasteiger partial charge < -0.3 is 10.2 Å². The van der Waals surface area contributed by atoms with Crippen molar-refractivity contribution in [1.82, 2.24) is 9.88 Å². The molecule has 24 heavy (non-hydrogen) atoms. The number of aryl methyl sites for hydroxylation is 1. The highest BCUT2D eigenvalue weighted by atomic mass is 79.9. The van der Waals surface area contributed by atoms with Crippen LogP contribution in [-0.2, 0) is 16.1 Å². The van der Waals surface area contributed by atoms with Crippen LogP contribution in [0.1, 0.15) is 17.5 Å². The molecule has 1 aliphatic heterocycles. The minimum absolute atomic E-state index is 0.00379. The summed E-state index contributed by atoms with van der Waals surface area (Å²) in [5.74, 6) is -0.439. The number of aromatic nitrogens is 1. The molecule has 124 valence electrons. The molecule has 1 aliphatic rings. The fraction of sp³-hybridized carbons (Fsp3) is 0.278. The van der Waals surface area contributed by atoms with Crippen molar-refractivity contribution in [3.8, 4) is 0 Å². The van der Waals surface area contributed by atoms with E-state index in [9.17, 15) is 9.59 Å². The van der Waals surface area contributed by atoms with Gasteiger partial charge in [-0.3, -0.25) is 14.6 Å². The van der Waals surface area contributed by atoms with Gasteiger partial charge in [-0.25, -0.2) is 0 Å². The highest BCUT2D eigenvalue weighted by molar-refractivity contribution is 9.10. The van der Waals surface area contributed by atoms with Crippen molar-refractivity contribution in [2.45, 2.75) is 19.9 Å². The van der Waals surface area contributed by atoms with Crippen molar-refractivity contribution in [2.75, 3.05) is 11.9 Å². The predicted molar refractivity (Wildman–Crippen MR) is 95.3 cm³/mol. The van der Waals surface area contributed by atoms with Crippen LogP contribution < -0.4 is 5.32 Å². The van der Waals surface area contributed by atoms with Crippen LogP contribution in [-0.4, -0.2) is 28.2 Å². The van der Waals surface area contributed by atoms with E-state index in [0.29, 0.717) is 13.1 Å². The van der Waals surface area contributed by atoms with Crippen molar-refractivity contribution in [3.63, 3.8) is 0 Å². The Kier molecular flexibility index (Phi) is 4.94. The molecule has 1 aromatic heterocycles. The van der Waals surface area contributed by atoms with Crippen LogP contribution in [0.15, 0.2) is 47.2 Å². The molecule has 0 saturated carbocycles. The van der Waals surface area contributed by atoms with Crippen LogP contribution in [0.4, 0.5) is 5.69 Å². The monoisotopic (exact) mass is 387 g/mol. The molecule has 2 aromatic rings. The fourth-order valence-electron chi connectivity index (χ4n) is 2.73. The Morgan fingerprint density at radius 1 is 1.42 bits per heavy atom. The molecule has 1 atom stereocenters. The van der Waals surface area contributed by atoms with E-state index < -0.39 is 0 Å². The van der Waals surface area contributed by atoms with Gasteiger partial charge >= 0.3 is 0 Å². The standard InChI is InChI=1S/C18H18BrN3O2/c1-12-4-5-15(8-16(12)19)21-18(24)14-7-17(23)22(11-14)10-13-3-2-6-20-9-13/h2-6,8-9,14H,7,10-11H2,1H3,(H,21,24). The molecule has 1 unspecified atom stereocenters. The van der Waals surface area contributed by atoms with E-state index >= 15 is 0 Å². The Balaban J connectivity index is 1.62. The number of hydrogen-bond donors (Lipinski definition) is 1. The first-order valence-electron chi connectivity index (χ1n) is 7.76. The lowest BCUT2D eigenvalue weighted by Crippen LogP contribution is -2.28. The molecule has 1 saturated heterocycles. The molecule has 3 rings (SSSR count). The summed E-state index contributed by atoms with van der Waals surface area (Å²) >= 11 is 3.46. The molecule has 0 bridgehead atoms. The average molecular weight is 388 g/mol. The Hall–Kier alpha value is -2.21. The van der Waals surface area contributed by atoms with Crippen molar-refractivity contribution in [1.29, 1.82) is 0 Å². The maximum absolute atomic E-state index is 12.4. The van der Waals surface area contributed by atoms with Crippen LogP contribution in [0.25, 0.3) is 0 Å². The maximum atomic E-state index is 12.4. The van der Waals surface area contributed by atoms with E-state index in [1.54, 1.807) is 17.3 Å². The first kappa shape index (κ1) is 16.6. The van der Waals surface area contributed by atoms with Gasteiger partial charge in [-0.15, -0.1) is 0 Å². The Bertz CT molecular complexity index is 764. The van der Waals surface area contributed by atoms with Crippen molar-refractivity contribution in [3.05, 3.63) is 58.3 Å². The number of carbonyl (C=O) groups excluding carboxylic acids is 2. The number of hydrogen-bond acceptors (Lipinski definition) is 3. The number of nitrogens with zero attached hydrogens (tertiary/aromatic N) is 2. The molecule has 6 heteroatoms. The summed E-state index contributed by atoms with van der Waals surface area (Å²) in [5, 5.41) is 2.90. The minimum Gasteiger partial charge on any atom is -0.337 e. The Morgan fingerprint density at radius 2 is 2.25 bits per heavy atom. The largest absolute Gasteiger partial charge is 0.337 e. The van der Waals surface area contributed by atoms with Gasteiger partial charge in [0.1, 0.15) is 0 Å². The summed E-state index contributed by atoms with van der Waals surface area (Å²) in [6.07, 6.45) is 3.69. The number of halogens is 1. The van der Waals surface area contributed by atoms with Gasteiger partial charge in [-0.05, 0) is 36.2 Å². The van der Waals surface area contributed by atoms with Crippen molar-refractivity contribution in [2.24, 2.45) is 5.92 Å². The van der Waals surface area contributed by atoms with Gasteiger partial charge in [0.2, 0.25) is 11.8 Å². The van der Waals surface area contributed by atoms with Gasteiger partial charge in [0.25, 0.3) is 0 Å². The van der Waals surface area contributed by atoms with E-state index in [1.807, 2.05) is 37.3 Å². The molecular formula is C18H18BrN3O2. The Labute approximate surface area is 149 Å². The van der Waals surface area contributed by atoms with Gasteiger partial charge in [-0.2, -0.15) is 0 Å². The third-order valence-corrected chi connectivity index (χ3v) is 4.98. The van der Waals surface area contributed by atoms with Crippen LogP contribution in [0.3, 0.4) is 0 Å². The summed E-state index contributed by atoms with van der Waals surface area (Å²) in [7, 11) is 0. The van der Waals surface area contributed by atoms with Crippen molar-refractivity contribution < 1.29 is 9.59 Å². The molecular weight excluding hydrogens is 370 g/mol. The Morgan fingerprint density at radius 3 is 2.96 bits per heavy atom. The van der Waals surface area contributed by atoms with Crippen LogP contribution in [0, 0.1) is 12.8 Å². The summed E-state index contributed by atoms with van der Waals surface area (Å²) in [6.45, 7) is 2.92. The highest BCUT2D eigenvalue weighted by Crippen LogP contribution is 2.24. The predicted octanol–water partition coefficient (Wildman–Crippen LogP) is 3.14. The molecule has 1 N–H and O–H groups in total. The van der Waals surface area contributed by atoms with E-state index in [1.165, 1.54) is 0 Å². The van der Waals surface area contributed by atoms with Crippen molar-refractivity contribution >= 4 is 33.4 Å². The number of nitrogens with one attached hydrogen (secondary N) is 1. The number of amides is 2.